The maximum atomic E-state index is 14.2. The zero-order chi connectivity index (χ0) is 21.2. The van der Waals surface area contributed by atoms with Crippen molar-refractivity contribution in [3.05, 3.63) is 36.3 Å². The second kappa shape index (κ2) is 5.97. The number of halogens is 8. The van der Waals surface area contributed by atoms with Crippen molar-refractivity contribution in [2.75, 3.05) is 0 Å². The first-order valence-electron chi connectivity index (χ1n) is 7.76. The van der Waals surface area contributed by atoms with E-state index in [0.717, 1.165) is 18.6 Å². The van der Waals surface area contributed by atoms with Gasteiger partial charge in [0.05, 0.1) is 18.3 Å². The molecule has 1 aliphatic carbocycles. The van der Waals surface area contributed by atoms with Crippen molar-refractivity contribution in [2.45, 2.75) is 30.5 Å². The molecule has 0 unspecified atom stereocenters. The number of fused-ring (bicyclic) bond motifs is 1. The predicted octanol–water partition coefficient (Wildman–Crippen LogP) is 3.77. The third-order valence-electron chi connectivity index (χ3n) is 4.24. The molecule has 0 saturated heterocycles. The van der Waals surface area contributed by atoms with E-state index >= 15 is 0 Å². The van der Waals surface area contributed by atoms with Crippen molar-refractivity contribution < 1.29 is 39.9 Å². The Balaban J connectivity index is 1.63. The molecule has 0 amide bonds. The Bertz CT molecular complexity index is 1100. The maximum absolute atomic E-state index is 14.2. The van der Waals surface area contributed by atoms with Gasteiger partial charge in [-0.1, -0.05) is 0 Å². The molecule has 0 aliphatic heterocycles. The fraction of sp³-hybridized carbons (Fsp3) is 0.333. The third kappa shape index (κ3) is 3.02. The summed E-state index contributed by atoms with van der Waals surface area (Å²) in [4.78, 5) is 7.27. The summed E-state index contributed by atoms with van der Waals surface area (Å²) in [6, 6.07) is 0.711. The van der Waals surface area contributed by atoms with E-state index in [1.165, 1.54) is 0 Å². The fourth-order valence-corrected chi connectivity index (χ4v) is 2.65. The van der Waals surface area contributed by atoms with Crippen LogP contribution in [-0.4, -0.2) is 42.5 Å². The summed E-state index contributed by atoms with van der Waals surface area (Å²) < 4.78 is 110. The number of hydrogen-bond acceptors (Lipinski definition) is 5. The Morgan fingerprint density at radius 2 is 1.79 bits per heavy atom. The van der Waals surface area contributed by atoms with Gasteiger partial charge in [-0.3, -0.25) is 9.38 Å². The van der Waals surface area contributed by atoms with Gasteiger partial charge in [-0.05, 0) is 6.07 Å². The highest BCUT2D eigenvalue weighted by Gasteiger charge is 2.73. The third-order valence-corrected chi connectivity index (χ3v) is 4.24. The van der Waals surface area contributed by atoms with Crippen molar-refractivity contribution in [3.8, 4) is 17.1 Å². The Labute approximate surface area is 155 Å². The molecule has 0 radical (unpaired) electrons. The van der Waals surface area contributed by atoms with Crippen LogP contribution in [0.4, 0.5) is 35.1 Å². The zero-order valence-corrected chi connectivity index (χ0v) is 13.8. The Kier molecular flexibility index (Phi) is 3.96. The van der Waals surface area contributed by atoms with Crippen molar-refractivity contribution in [2.24, 2.45) is 0 Å². The number of rotatable bonds is 3. The van der Waals surface area contributed by atoms with Crippen molar-refractivity contribution in [1.82, 2.24) is 24.6 Å². The molecule has 1 saturated carbocycles. The Morgan fingerprint density at radius 3 is 2.38 bits per heavy atom. The standard InChI is InChI=1S/C15H7F8N5O/c16-7-1-6(3-25-11(7)29-9-2-13(17,18)14(9,19)20)8-5-28-10(4-24-8)26-27-12(28)15(21,22)23/h1,3-5,9H,2H2/t9-/m1/s1. The molecule has 0 bridgehead atoms. The predicted molar refractivity (Wildman–Crippen MR) is 77.9 cm³/mol. The van der Waals surface area contributed by atoms with Crippen LogP contribution in [0.3, 0.4) is 0 Å². The largest absolute Gasteiger partial charge is 0.465 e. The molecule has 0 spiro atoms. The minimum absolute atomic E-state index is 0.121. The monoisotopic (exact) mass is 425 g/mol. The van der Waals surface area contributed by atoms with Gasteiger partial charge in [0.2, 0.25) is 5.82 Å². The molecule has 3 heterocycles. The van der Waals surface area contributed by atoms with Gasteiger partial charge in [0.25, 0.3) is 5.88 Å². The van der Waals surface area contributed by atoms with Crippen LogP contribution in [0.25, 0.3) is 16.9 Å². The number of hydrogen-bond donors (Lipinski definition) is 0. The molecule has 1 aliphatic rings. The summed E-state index contributed by atoms with van der Waals surface area (Å²) in [7, 11) is 0. The van der Waals surface area contributed by atoms with Crippen LogP contribution in [0, 0.1) is 5.82 Å². The molecule has 14 heteroatoms. The number of ether oxygens (including phenoxy) is 1. The molecule has 0 aromatic carbocycles. The SMILES string of the molecule is Fc1cc(-c2cn3c(C(F)(F)F)nnc3cn2)cnc1O[C@@H]1CC(F)(F)C1(F)F. The molecule has 4 rings (SSSR count). The van der Waals surface area contributed by atoms with E-state index in [9.17, 15) is 35.1 Å². The number of pyridine rings is 1. The summed E-state index contributed by atoms with van der Waals surface area (Å²) in [6.45, 7) is 0. The summed E-state index contributed by atoms with van der Waals surface area (Å²) in [6.07, 6.45) is -5.65. The normalized spacial score (nSPS) is 20.5. The molecule has 0 N–H and O–H groups in total. The minimum atomic E-state index is -4.81. The van der Waals surface area contributed by atoms with Crippen LogP contribution in [0.2, 0.25) is 0 Å². The molecule has 1 fully saturated rings. The van der Waals surface area contributed by atoms with E-state index in [4.69, 9.17) is 0 Å². The van der Waals surface area contributed by atoms with Crippen LogP contribution in [0.5, 0.6) is 5.88 Å². The molecule has 29 heavy (non-hydrogen) atoms. The first-order chi connectivity index (χ1) is 13.4. The molecule has 154 valence electrons. The van der Waals surface area contributed by atoms with Crippen LogP contribution >= 0.6 is 0 Å². The quantitative estimate of drug-likeness (QED) is 0.598. The van der Waals surface area contributed by atoms with Gasteiger partial charge in [-0.25, -0.2) is 9.37 Å². The van der Waals surface area contributed by atoms with Gasteiger partial charge in [0, 0.05) is 18.0 Å². The lowest BCUT2D eigenvalue weighted by Gasteiger charge is -2.42. The molecular weight excluding hydrogens is 418 g/mol. The second-order valence-electron chi connectivity index (χ2n) is 6.17. The topological polar surface area (TPSA) is 65.2 Å². The number of alkyl halides is 7. The molecule has 1 atom stereocenters. The number of nitrogens with zero attached hydrogens (tertiary/aromatic N) is 5. The Hall–Kier alpha value is -3.06. The van der Waals surface area contributed by atoms with Gasteiger partial charge in [0.15, 0.2) is 17.6 Å². The number of aromatic nitrogens is 5. The lowest BCUT2D eigenvalue weighted by Crippen LogP contribution is -2.64. The maximum Gasteiger partial charge on any atom is 0.452 e. The summed E-state index contributed by atoms with van der Waals surface area (Å²) in [5, 5.41) is 6.33. The van der Waals surface area contributed by atoms with Gasteiger partial charge in [-0.2, -0.15) is 30.7 Å². The van der Waals surface area contributed by atoms with Crippen LogP contribution < -0.4 is 4.74 Å². The van der Waals surface area contributed by atoms with Gasteiger partial charge >= 0.3 is 18.0 Å². The zero-order valence-electron chi connectivity index (χ0n) is 13.8. The lowest BCUT2D eigenvalue weighted by atomic mass is 9.85. The summed E-state index contributed by atoms with van der Waals surface area (Å²) >= 11 is 0. The highest BCUT2D eigenvalue weighted by molar-refractivity contribution is 5.59. The van der Waals surface area contributed by atoms with E-state index in [1.807, 2.05) is 0 Å². The first-order valence-corrected chi connectivity index (χ1v) is 7.76. The highest BCUT2D eigenvalue weighted by atomic mass is 19.4. The summed E-state index contributed by atoms with van der Waals surface area (Å²) in [5.41, 5.74) is -0.506. The van der Waals surface area contributed by atoms with E-state index in [-0.39, 0.29) is 16.9 Å². The van der Waals surface area contributed by atoms with Crippen molar-refractivity contribution >= 4 is 5.65 Å². The average molecular weight is 425 g/mol. The second-order valence-corrected chi connectivity index (χ2v) is 6.17. The van der Waals surface area contributed by atoms with Crippen LogP contribution in [-0.2, 0) is 6.18 Å². The molecular formula is C15H7F8N5O. The smallest absolute Gasteiger partial charge is 0.452 e. The van der Waals surface area contributed by atoms with E-state index in [1.54, 1.807) is 0 Å². The van der Waals surface area contributed by atoms with Crippen LogP contribution in [0.15, 0.2) is 24.7 Å². The van der Waals surface area contributed by atoms with Gasteiger partial charge in [0.1, 0.15) is 0 Å². The fourth-order valence-electron chi connectivity index (χ4n) is 2.65. The van der Waals surface area contributed by atoms with Crippen molar-refractivity contribution in [3.63, 3.8) is 0 Å². The average Bonchev–Trinajstić information content (AvgIpc) is 3.06. The van der Waals surface area contributed by atoms with Gasteiger partial charge in [-0.15, -0.1) is 10.2 Å². The van der Waals surface area contributed by atoms with Crippen LogP contribution in [0.1, 0.15) is 12.2 Å². The van der Waals surface area contributed by atoms with Gasteiger partial charge < -0.3 is 4.74 Å². The molecule has 6 nitrogen and oxygen atoms in total. The van der Waals surface area contributed by atoms with E-state index in [0.29, 0.717) is 10.5 Å². The first kappa shape index (κ1) is 19.3. The molecule has 3 aromatic heterocycles. The molecule has 3 aromatic rings. The van der Waals surface area contributed by atoms with E-state index < -0.39 is 48.1 Å². The Morgan fingerprint density at radius 1 is 1.07 bits per heavy atom. The van der Waals surface area contributed by atoms with Crippen molar-refractivity contribution in [1.29, 1.82) is 0 Å². The van der Waals surface area contributed by atoms with E-state index in [2.05, 4.69) is 24.9 Å². The highest BCUT2D eigenvalue weighted by Crippen LogP contribution is 2.52. The summed E-state index contributed by atoms with van der Waals surface area (Å²) in [5.74, 6) is -12.3. The minimum Gasteiger partial charge on any atom is -0.465 e. The lowest BCUT2D eigenvalue weighted by molar-refractivity contribution is -0.324.